The fourth-order valence-electron chi connectivity index (χ4n) is 2.21. The van der Waals surface area contributed by atoms with Crippen LogP contribution in [0.5, 0.6) is 5.75 Å². The number of piperazine rings is 1. The molecule has 1 aliphatic heterocycles. The molecule has 0 bridgehead atoms. The molecule has 0 radical (unpaired) electrons. The quantitative estimate of drug-likeness (QED) is 0.875. The maximum absolute atomic E-state index is 13.5. The number of ether oxygens (including phenoxy) is 1. The van der Waals surface area contributed by atoms with Crippen LogP contribution in [-0.2, 0) is 0 Å². The number of hydrogen-bond donors (Lipinski definition) is 1. The Morgan fingerprint density at radius 3 is 2.63 bits per heavy atom. The summed E-state index contributed by atoms with van der Waals surface area (Å²) in [5.41, 5.74) is 0.799. The van der Waals surface area contributed by atoms with Crippen molar-refractivity contribution < 1.29 is 9.13 Å². The Morgan fingerprint density at radius 2 is 2.00 bits per heavy atom. The molecule has 1 fully saturated rings. The zero-order valence-corrected chi connectivity index (χ0v) is 11.7. The summed E-state index contributed by atoms with van der Waals surface area (Å²) in [7, 11) is 3.62. The van der Waals surface area contributed by atoms with Crippen LogP contribution in [0.2, 0.25) is 0 Å². The fraction of sp³-hybridized carbons (Fsp3) is 0.571. The molecule has 1 N–H and O–H groups in total. The third-order valence-corrected chi connectivity index (χ3v) is 3.50. The lowest BCUT2D eigenvalue weighted by atomic mass is 10.3. The molecule has 0 spiro atoms. The van der Waals surface area contributed by atoms with Gasteiger partial charge in [0.2, 0.25) is 0 Å². The first-order valence-corrected chi connectivity index (χ1v) is 6.67. The lowest BCUT2D eigenvalue weighted by Crippen LogP contribution is -2.45. The normalized spacial score (nSPS) is 17.4. The minimum Gasteiger partial charge on any atom is -0.494 e. The summed E-state index contributed by atoms with van der Waals surface area (Å²) in [5.74, 6) is -0.0447. The average Bonchev–Trinajstić information content (AvgIpc) is 2.41. The molecule has 0 saturated carbocycles. The Kier molecular flexibility index (Phi) is 4.99. The van der Waals surface area contributed by atoms with E-state index in [0.717, 1.165) is 45.0 Å². The van der Waals surface area contributed by atoms with Crippen molar-refractivity contribution in [3.63, 3.8) is 0 Å². The summed E-state index contributed by atoms with van der Waals surface area (Å²) in [4.78, 5) is 4.76. The number of halogens is 1. The summed E-state index contributed by atoms with van der Waals surface area (Å²) >= 11 is 0. The van der Waals surface area contributed by atoms with Crippen LogP contribution in [0.25, 0.3) is 0 Å². The van der Waals surface area contributed by atoms with Crippen LogP contribution in [0.3, 0.4) is 0 Å². The van der Waals surface area contributed by atoms with Gasteiger partial charge in [0.15, 0.2) is 11.6 Å². The van der Waals surface area contributed by atoms with Crippen LogP contribution < -0.4 is 10.1 Å². The van der Waals surface area contributed by atoms with Gasteiger partial charge in [-0.25, -0.2) is 4.39 Å². The Bertz CT molecular complexity index is 406. The van der Waals surface area contributed by atoms with Gasteiger partial charge in [0.25, 0.3) is 0 Å². The molecule has 0 unspecified atom stereocenters. The first kappa shape index (κ1) is 14.1. The first-order chi connectivity index (χ1) is 9.19. The number of anilines is 1. The van der Waals surface area contributed by atoms with Gasteiger partial charge in [-0.3, -0.25) is 4.90 Å². The molecule has 5 heteroatoms. The molecule has 0 aromatic heterocycles. The van der Waals surface area contributed by atoms with Crippen molar-refractivity contribution in [1.82, 2.24) is 9.80 Å². The van der Waals surface area contributed by atoms with E-state index in [-0.39, 0.29) is 11.6 Å². The van der Waals surface area contributed by atoms with Crippen LogP contribution in [0.1, 0.15) is 0 Å². The Labute approximate surface area is 114 Å². The lowest BCUT2D eigenvalue weighted by molar-refractivity contribution is 0.158. The van der Waals surface area contributed by atoms with Crippen LogP contribution in [0.15, 0.2) is 18.2 Å². The van der Waals surface area contributed by atoms with Crippen molar-refractivity contribution in [2.24, 2.45) is 0 Å². The van der Waals surface area contributed by atoms with Crippen molar-refractivity contribution in [3.8, 4) is 5.75 Å². The van der Waals surface area contributed by atoms with Gasteiger partial charge in [-0.1, -0.05) is 0 Å². The highest BCUT2D eigenvalue weighted by molar-refractivity contribution is 5.47. The molecule has 2 rings (SSSR count). The van der Waals surface area contributed by atoms with Gasteiger partial charge < -0.3 is 15.0 Å². The molecule has 0 aliphatic carbocycles. The van der Waals surface area contributed by atoms with E-state index in [1.54, 1.807) is 6.07 Å². The number of methoxy groups -OCH3 is 1. The van der Waals surface area contributed by atoms with E-state index in [2.05, 4.69) is 22.2 Å². The van der Waals surface area contributed by atoms with Gasteiger partial charge in [-0.2, -0.15) is 0 Å². The van der Waals surface area contributed by atoms with E-state index in [1.807, 2.05) is 6.07 Å². The van der Waals surface area contributed by atoms with E-state index in [4.69, 9.17) is 4.74 Å². The highest BCUT2D eigenvalue weighted by atomic mass is 19.1. The second-order valence-corrected chi connectivity index (χ2v) is 4.92. The monoisotopic (exact) mass is 267 g/mol. The molecule has 0 amide bonds. The molecule has 19 heavy (non-hydrogen) atoms. The average molecular weight is 267 g/mol. The third kappa shape index (κ3) is 4.08. The SMILES string of the molecule is COc1ccc(NCCN2CCN(C)CC2)cc1F. The van der Waals surface area contributed by atoms with Crippen LogP contribution in [0.4, 0.5) is 10.1 Å². The van der Waals surface area contributed by atoms with E-state index in [0.29, 0.717) is 0 Å². The highest BCUT2D eigenvalue weighted by Gasteiger charge is 2.12. The van der Waals surface area contributed by atoms with Crippen LogP contribution >= 0.6 is 0 Å². The first-order valence-electron chi connectivity index (χ1n) is 6.67. The summed E-state index contributed by atoms with van der Waals surface area (Å²) in [6.07, 6.45) is 0. The predicted octanol–water partition coefficient (Wildman–Crippen LogP) is 1.49. The maximum atomic E-state index is 13.5. The zero-order chi connectivity index (χ0) is 13.7. The van der Waals surface area contributed by atoms with E-state index in [1.165, 1.54) is 13.2 Å². The van der Waals surface area contributed by atoms with E-state index < -0.39 is 0 Å². The van der Waals surface area contributed by atoms with Crippen LogP contribution in [0, 0.1) is 5.82 Å². The number of nitrogens with zero attached hydrogens (tertiary/aromatic N) is 2. The Hall–Kier alpha value is -1.33. The Balaban J connectivity index is 1.75. The minimum absolute atomic E-state index is 0.282. The van der Waals surface area contributed by atoms with Crippen molar-refractivity contribution in [2.75, 3.05) is 58.7 Å². The third-order valence-electron chi connectivity index (χ3n) is 3.50. The van der Waals surface area contributed by atoms with Gasteiger partial charge in [0.05, 0.1) is 7.11 Å². The van der Waals surface area contributed by atoms with Gasteiger partial charge in [0, 0.05) is 51.0 Å². The van der Waals surface area contributed by atoms with E-state index >= 15 is 0 Å². The maximum Gasteiger partial charge on any atom is 0.167 e. The fourth-order valence-corrected chi connectivity index (χ4v) is 2.21. The van der Waals surface area contributed by atoms with Crippen molar-refractivity contribution in [1.29, 1.82) is 0 Å². The highest BCUT2D eigenvalue weighted by Crippen LogP contribution is 2.20. The molecule has 1 aromatic rings. The molecule has 0 atom stereocenters. The topological polar surface area (TPSA) is 27.7 Å². The molecule has 106 valence electrons. The predicted molar refractivity (Wildman–Crippen MR) is 75.4 cm³/mol. The summed E-state index contributed by atoms with van der Waals surface area (Å²) < 4.78 is 18.4. The molecule has 1 saturated heterocycles. The number of hydrogen-bond acceptors (Lipinski definition) is 4. The van der Waals surface area contributed by atoms with Crippen LogP contribution in [-0.4, -0.2) is 63.2 Å². The summed E-state index contributed by atoms with van der Waals surface area (Å²) in [6.45, 7) is 6.27. The largest absolute Gasteiger partial charge is 0.494 e. The molecular formula is C14H22FN3O. The van der Waals surface area contributed by atoms with Crippen molar-refractivity contribution >= 4 is 5.69 Å². The standard InChI is InChI=1S/C14H22FN3O/c1-17-7-9-18(10-8-17)6-5-16-12-3-4-14(19-2)13(15)11-12/h3-4,11,16H,5-10H2,1-2H3. The second kappa shape index (κ2) is 6.73. The van der Waals surface area contributed by atoms with Gasteiger partial charge in [-0.15, -0.1) is 0 Å². The molecular weight excluding hydrogens is 245 g/mol. The minimum atomic E-state index is -0.327. The second-order valence-electron chi connectivity index (χ2n) is 4.92. The van der Waals surface area contributed by atoms with Gasteiger partial charge in [0.1, 0.15) is 0 Å². The molecule has 1 aromatic carbocycles. The van der Waals surface area contributed by atoms with Gasteiger partial charge >= 0.3 is 0 Å². The lowest BCUT2D eigenvalue weighted by Gasteiger charge is -2.32. The van der Waals surface area contributed by atoms with Crippen molar-refractivity contribution in [3.05, 3.63) is 24.0 Å². The summed E-state index contributed by atoms with van der Waals surface area (Å²) in [6, 6.07) is 4.96. The van der Waals surface area contributed by atoms with E-state index in [9.17, 15) is 4.39 Å². The molecule has 4 nitrogen and oxygen atoms in total. The zero-order valence-electron chi connectivity index (χ0n) is 11.7. The number of likely N-dealkylation sites (N-methyl/N-ethyl adjacent to an activating group) is 1. The van der Waals surface area contributed by atoms with Crippen molar-refractivity contribution in [2.45, 2.75) is 0 Å². The van der Waals surface area contributed by atoms with Gasteiger partial charge in [-0.05, 0) is 19.2 Å². The number of benzene rings is 1. The molecule has 1 heterocycles. The summed E-state index contributed by atoms with van der Waals surface area (Å²) in [5, 5.41) is 3.24. The smallest absolute Gasteiger partial charge is 0.167 e. The Morgan fingerprint density at radius 1 is 1.26 bits per heavy atom. The number of rotatable bonds is 5. The molecule has 1 aliphatic rings. The number of nitrogens with one attached hydrogen (secondary N) is 1.